The largest absolute Gasteiger partial charge is 0.277 e. The molecule has 0 aliphatic carbocycles. The summed E-state index contributed by atoms with van der Waals surface area (Å²) in [7, 11) is 0. The van der Waals surface area contributed by atoms with Gasteiger partial charge in [-0.25, -0.2) is 4.98 Å². The normalized spacial score (nSPS) is 11.9. The van der Waals surface area contributed by atoms with Crippen LogP contribution in [0.2, 0.25) is 0 Å². The lowest BCUT2D eigenvalue weighted by molar-refractivity contribution is 1.02. The molecule has 0 unspecified atom stereocenters. The van der Waals surface area contributed by atoms with Gasteiger partial charge in [0.1, 0.15) is 11.3 Å². The Labute approximate surface area is 182 Å². The highest BCUT2D eigenvalue weighted by molar-refractivity contribution is 6.22. The summed E-state index contributed by atoms with van der Waals surface area (Å²) in [6, 6.07) is 34.2. The minimum Gasteiger partial charge on any atom is -0.277 e. The molecule has 0 radical (unpaired) electrons. The summed E-state index contributed by atoms with van der Waals surface area (Å²) < 4.78 is 3.99. The zero-order chi connectivity index (χ0) is 21.2. The van der Waals surface area contributed by atoms with E-state index < -0.39 is 0 Å². The maximum Gasteiger partial charge on any atom is 0.264 e. The molecule has 0 fully saturated rings. The molecular formula is C28H17N3O. The van der Waals surface area contributed by atoms with Gasteiger partial charge in [0.2, 0.25) is 0 Å². The van der Waals surface area contributed by atoms with Gasteiger partial charge >= 0.3 is 0 Å². The van der Waals surface area contributed by atoms with Gasteiger partial charge in [-0.3, -0.25) is 13.8 Å². The van der Waals surface area contributed by atoms with Crippen molar-refractivity contribution < 1.29 is 0 Å². The fraction of sp³-hybridized carbons (Fsp3) is 0. The lowest BCUT2D eigenvalue weighted by Gasteiger charge is -2.17. The minimum absolute atomic E-state index is 0.0336. The van der Waals surface area contributed by atoms with Gasteiger partial charge in [-0.2, -0.15) is 0 Å². The van der Waals surface area contributed by atoms with Crippen LogP contribution >= 0.6 is 0 Å². The van der Waals surface area contributed by atoms with Gasteiger partial charge < -0.3 is 0 Å². The standard InChI is InChI=1S/C28H17N3O/c32-28-22-15-7-5-13-20(22)25-19-12-4-6-14-21(19)26-29-23-16-8-9-17-24(23)31(26)27(25)30(28)18-10-2-1-3-11-18/h1-17H. The van der Waals surface area contributed by atoms with Crippen molar-refractivity contribution in [3.63, 3.8) is 0 Å². The van der Waals surface area contributed by atoms with Crippen molar-refractivity contribution in [2.24, 2.45) is 0 Å². The van der Waals surface area contributed by atoms with E-state index >= 15 is 0 Å². The second-order valence-corrected chi connectivity index (χ2v) is 8.03. The molecular weight excluding hydrogens is 394 g/mol. The molecule has 3 heterocycles. The molecule has 7 aromatic rings. The fourth-order valence-electron chi connectivity index (χ4n) is 4.95. The minimum atomic E-state index is -0.0336. The Kier molecular flexibility index (Phi) is 3.39. The molecule has 0 saturated heterocycles. The molecule has 0 N–H and O–H groups in total. The van der Waals surface area contributed by atoms with Crippen LogP contribution in [0.25, 0.3) is 54.9 Å². The van der Waals surface area contributed by atoms with Crippen LogP contribution in [-0.2, 0) is 0 Å². The van der Waals surface area contributed by atoms with Crippen LogP contribution in [0.3, 0.4) is 0 Å². The van der Waals surface area contributed by atoms with Crippen molar-refractivity contribution in [1.29, 1.82) is 0 Å². The van der Waals surface area contributed by atoms with Crippen molar-refractivity contribution in [3.8, 4) is 5.69 Å². The Hall–Kier alpha value is -4.44. The second kappa shape index (κ2) is 6.28. The van der Waals surface area contributed by atoms with E-state index in [0.717, 1.165) is 49.6 Å². The van der Waals surface area contributed by atoms with Crippen LogP contribution in [0, 0.1) is 0 Å². The van der Waals surface area contributed by atoms with Crippen LogP contribution in [0.4, 0.5) is 0 Å². The Morgan fingerprint density at radius 3 is 1.97 bits per heavy atom. The zero-order valence-corrected chi connectivity index (χ0v) is 17.1. The number of hydrogen-bond donors (Lipinski definition) is 0. The van der Waals surface area contributed by atoms with E-state index in [0.29, 0.717) is 5.39 Å². The van der Waals surface area contributed by atoms with Crippen molar-refractivity contribution >= 4 is 49.3 Å². The van der Waals surface area contributed by atoms with E-state index in [4.69, 9.17) is 4.98 Å². The van der Waals surface area contributed by atoms with E-state index in [9.17, 15) is 4.79 Å². The number of para-hydroxylation sites is 3. The van der Waals surface area contributed by atoms with Gasteiger partial charge in [0, 0.05) is 16.2 Å². The van der Waals surface area contributed by atoms with Crippen molar-refractivity contribution in [1.82, 2.24) is 14.0 Å². The topological polar surface area (TPSA) is 39.3 Å². The molecule has 0 aliphatic rings. The SMILES string of the molecule is O=c1c2ccccc2c2c3ccccc3c3nc4ccccc4n3c2n1-c1ccccc1. The van der Waals surface area contributed by atoms with E-state index in [1.807, 2.05) is 89.5 Å². The molecule has 32 heavy (non-hydrogen) atoms. The first kappa shape index (κ1) is 17.3. The highest BCUT2D eigenvalue weighted by Crippen LogP contribution is 2.36. The fourth-order valence-corrected chi connectivity index (χ4v) is 4.95. The number of aromatic nitrogens is 3. The lowest BCUT2D eigenvalue weighted by atomic mass is 10.0. The quantitative estimate of drug-likeness (QED) is 0.306. The van der Waals surface area contributed by atoms with Gasteiger partial charge in [0.05, 0.1) is 16.7 Å². The zero-order valence-electron chi connectivity index (χ0n) is 17.1. The lowest BCUT2D eigenvalue weighted by Crippen LogP contribution is -2.21. The molecule has 7 rings (SSSR count). The average Bonchev–Trinajstić information content (AvgIpc) is 3.25. The summed E-state index contributed by atoms with van der Waals surface area (Å²) in [5.41, 5.74) is 4.38. The monoisotopic (exact) mass is 411 g/mol. The highest BCUT2D eigenvalue weighted by Gasteiger charge is 2.20. The molecule has 0 spiro atoms. The number of fused-ring (bicyclic) bond motifs is 10. The summed E-state index contributed by atoms with van der Waals surface area (Å²) in [6.45, 7) is 0. The Bertz CT molecular complexity index is 1900. The summed E-state index contributed by atoms with van der Waals surface area (Å²) in [5.74, 6) is 0. The van der Waals surface area contributed by atoms with Crippen LogP contribution in [0.15, 0.2) is 108 Å². The van der Waals surface area contributed by atoms with Gasteiger partial charge in [-0.15, -0.1) is 0 Å². The van der Waals surface area contributed by atoms with Crippen LogP contribution in [-0.4, -0.2) is 14.0 Å². The maximum absolute atomic E-state index is 13.9. The number of nitrogens with zero attached hydrogens (tertiary/aromatic N) is 3. The first-order chi connectivity index (χ1) is 15.8. The molecule has 4 heteroatoms. The van der Waals surface area contributed by atoms with Crippen molar-refractivity contribution in [2.75, 3.05) is 0 Å². The predicted octanol–water partition coefficient (Wildman–Crippen LogP) is 6.10. The second-order valence-electron chi connectivity index (χ2n) is 8.03. The number of imidazole rings is 1. The van der Waals surface area contributed by atoms with Gasteiger partial charge in [-0.1, -0.05) is 72.8 Å². The number of pyridine rings is 2. The number of hydrogen-bond acceptors (Lipinski definition) is 2. The molecule has 0 atom stereocenters. The third-order valence-corrected chi connectivity index (χ3v) is 6.29. The van der Waals surface area contributed by atoms with Gasteiger partial charge in [0.15, 0.2) is 0 Å². The first-order valence-electron chi connectivity index (χ1n) is 10.6. The predicted molar refractivity (Wildman–Crippen MR) is 131 cm³/mol. The molecule has 3 aromatic heterocycles. The number of benzene rings is 4. The van der Waals surface area contributed by atoms with E-state index in [1.165, 1.54) is 0 Å². The Balaban J connectivity index is 1.94. The summed E-state index contributed by atoms with van der Waals surface area (Å²) in [4.78, 5) is 18.9. The van der Waals surface area contributed by atoms with Crippen molar-refractivity contribution in [3.05, 3.63) is 113 Å². The molecule has 0 aliphatic heterocycles. The third-order valence-electron chi connectivity index (χ3n) is 6.29. The molecule has 0 bridgehead atoms. The smallest absolute Gasteiger partial charge is 0.264 e. The van der Waals surface area contributed by atoms with Crippen LogP contribution in [0.5, 0.6) is 0 Å². The van der Waals surface area contributed by atoms with E-state index in [-0.39, 0.29) is 5.56 Å². The first-order valence-corrected chi connectivity index (χ1v) is 10.6. The van der Waals surface area contributed by atoms with Crippen LogP contribution in [0.1, 0.15) is 0 Å². The Morgan fingerprint density at radius 1 is 0.594 bits per heavy atom. The van der Waals surface area contributed by atoms with Crippen LogP contribution < -0.4 is 5.56 Å². The summed E-state index contributed by atoms with van der Waals surface area (Å²) in [6.07, 6.45) is 0. The number of rotatable bonds is 1. The molecule has 150 valence electrons. The maximum atomic E-state index is 13.9. The van der Waals surface area contributed by atoms with Gasteiger partial charge in [-0.05, 0) is 41.1 Å². The molecule has 0 amide bonds. The molecule has 4 nitrogen and oxygen atoms in total. The average molecular weight is 411 g/mol. The molecule has 4 aromatic carbocycles. The van der Waals surface area contributed by atoms with E-state index in [2.05, 4.69) is 22.6 Å². The van der Waals surface area contributed by atoms with Gasteiger partial charge in [0.25, 0.3) is 5.56 Å². The summed E-state index contributed by atoms with van der Waals surface area (Å²) in [5, 5.41) is 4.87. The highest BCUT2D eigenvalue weighted by atomic mass is 16.1. The molecule has 0 saturated carbocycles. The van der Waals surface area contributed by atoms with Crippen molar-refractivity contribution in [2.45, 2.75) is 0 Å². The van der Waals surface area contributed by atoms with E-state index in [1.54, 1.807) is 0 Å². The third kappa shape index (κ3) is 2.16. The summed E-state index contributed by atoms with van der Waals surface area (Å²) >= 11 is 0. The Morgan fingerprint density at radius 2 is 1.19 bits per heavy atom.